The molecule has 3 aromatic rings. The second-order valence-corrected chi connectivity index (χ2v) is 16.0. The molecule has 3 aliphatic heterocycles. The predicted octanol–water partition coefficient (Wildman–Crippen LogP) is 4.09. The van der Waals surface area contributed by atoms with Gasteiger partial charge in [0.05, 0.1) is 24.5 Å². The van der Waals surface area contributed by atoms with Gasteiger partial charge in [-0.2, -0.15) is 0 Å². The molecule has 3 saturated heterocycles. The lowest BCUT2D eigenvalue weighted by atomic mass is 9.72. The van der Waals surface area contributed by atoms with Crippen LogP contribution in [0.5, 0.6) is 11.5 Å². The number of halogens is 1. The van der Waals surface area contributed by atoms with Gasteiger partial charge in [0.15, 0.2) is 11.6 Å². The fourth-order valence-electron chi connectivity index (χ4n) is 7.46. The van der Waals surface area contributed by atoms with E-state index in [9.17, 15) is 22.4 Å². The van der Waals surface area contributed by atoms with Crippen molar-refractivity contribution in [2.45, 2.75) is 82.9 Å². The quantitative estimate of drug-likeness (QED) is 0.280. The van der Waals surface area contributed by atoms with Crippen molar-refractivity contribution in [3.8, 4) is 11.5 Å². The van der Waals surface area contributed by atoms with Crippen LogP contribution < -0.4 is 19.9 Å². The van der Waals surface area contributed by atoms with Gasteiger partial charge in [0.25, 0.3) is 5.91 Å². The monoisotopic (exact) mass is 725 g/mol. The maximum atomic E-state index is 14.3. The number of anilines is 1. The van der Waals surface area contributed by atoms with Crippen molar-refractivity contribution in [1.29, 1.82) is 0 Å². The van der Waals surface area contributed by atoms with Crippen LogP contribution in [0.25, 0.3) is 0 Å². The topological polar surface area (TPSA) is 150 Å². The smallest absolute Gasteiger partial charge is 0.257 e. The first-order valence-electron chi connectivity index (χ1n) is 17.8. The first-order chi connectivity index (χ1) is 24.4. The largest absolute Gasteiger partial charge is 0.451 e. The number of benzene rings is 1. The summed E-state index contributed by atoms with van der Waals surface area (Å²) in [7, 11) is -3.77. The summed E-state index contributed by atoms with van der Waals surface area (Å²) in [6, 6.07) is 4.90. The van der Waals surface area contributed by atoms with Gasteiger partial charge in [-0.1, -0.05) is 0 Å². The number of carbonyl (C=O) groups is 1. The number of sulfonamides is 1. The number of likely N-dealkylation sites (tertiary alicyclic amines) is 1. The number of pyridine rings is 1. The predicted molar refractivity (Wildman–Crippen MR) is 190 cm³/mol. The van der Waals surface area contributed by atoms with Crippen LogP contribution >= 0.6 is 0 Å². The van der Waals surface area contributed by atoms with E-state index in [1.54, 1.807) is 18.0 Å². The second kappa shape index (κ2) is 15.4. The van der Waals surface area contributed by atoms with Gasteiger partial charge in [-0.05, 0) is 96.7 Å². The number of rotatable bonds is 12. The molecule has 1 aromatic carbocycles. The molecule has 2 N–H and O–H groups in total. The highest BCUT2D eigenvalue weighted by Crippen LogP contribution is 2.45. The van der Waals surface area contributed by atoms with E-state index in [2.05, 4.69) is 29.5 Å². The molecule has 15 heteroatoms. The highest BCUT2D eigenvalue weighted by atomic mass is 32.2. The van der Waals surface area contributed by atoms with E-state index in [1.807, 2.05) is 20.8 Å². The Kier molecular flexibility index (Phi) is 11.1. The van der Waals surface area contributed by atoms with E-state index < -0.39 is 15.8 Å². The average molecular weight is 726 g/mol. The van der Waals surface area contributed by atoms with Gasteiger partial charge in [0.2, 0.25) is 15.6 Å². The number of aryl methyl sites for hydroxylation is 1. The van der Waals surface area contributed by atoms with E-state index >= 15 is 0 Å². The molecular formula is C36H48FN7O6S. The number of piperidine rings is 1. The molecule has 3 fully saturated rings. The van der Waals surface area contributed by atoms with Gasteiger partial charge in [-0.25, -0.2) is 27.5 Å². The molecule has 2 atom stereocenters. The molecule has 1 spiro atoms. The molecule has 3 aliphatic rings. The third-order valence-corrected chi connectivity index (χ3v) is 12.0. The maximum absolute atomic E-state index is 14.3. The number of amides is 1. The van der Waals surface area contributed by atoms with Crippen LogP contribution in [0.1, 0.15) is 68.8 Å². The highest BCUT2D eigenvalue weighted by molar-refractivity contribution is 7.89. The van der Waals surface area contributed by atoms with Gasteiger partial charge in [0.1, 0.15) is 22.8 Å². The summed E-state index contributed by atoms with van der Waals surface area (Å²) in [5, 5.41) is 0. The van der Waals surface area contributed by atoms with Crippen LogP contribution in [0.2, 0.25) is 0 Å². The third kappa shape index (κ3) is 8.43. The third-order valence-electron chi connectivity index (χ3n) is 10.4. The minimum Gasteiger partial charge on any atom is -0.451 e. The Morgan fingerprint density at radius 2 is 1.96 bits per heavy atom. The lowest BCUT2D eigenvalue weighted by Gasteiger charge is -2.54. The minimum absolute atomic E-state index is 0.0527. The van der Waals surface area contributed by atoms with Crippen LogP contribution in [0.15, 0.2) is 52.7 Å². The number of nitrogens with zero attached hydrogens (tertiary/aromatic N) is 5. The molecule has 6 rings (SSSR count). The molecule has 0 unspecified atom stereocenters. The van der Waals surface area contributed by atoms with Gasteiger partial charge in [-0.3, -0.25) is 9.59 Å². The van der Waals surface area contributed by atoms with Crippen molar-refractivity contribution < 1.29 is 27.1 Å². The van der Waals surface area contributed by atoms with E-state index in [4.69, 9.17) is 9.47 Å². The molecule has 0 bridgehead atoms. The number of nitrogens with one attached hydrogen (secondary N) is 2. The molecule has 0 aliphatic carbocycles. The summed E-state index contributed by atoms with van der Waals surface area (Å²) in [5.74, 6) is 0.537. The number of hydrogen-bond acceptors (Lipinski definition) is 10. The summed E-state index contributed by atoms with van der Waals surface area (Å²) in [6.07, 6.45) is 8.87. The summed E-state index contributed by atoms with van der Waals surface area (Å²) in [4.78, 5) is 42.4. The first-order valence-corrected chi connectivity index (χ1v) is 19.2. The lowest BCUT2D eigenvalue weighted by molar-refractivity contribution is -0.0120. The zero-order valence-corrected chi connectivity index (χ0v) is 30.5. The van der Waals surface area contributed by atoms with Crippen molar-refractivity contribution in [3.05, 3.63) is 70.3 Å². The van der Waals surface area contributed by atoms with Crippen molar-refractivity contribution in [1.82, 2.24) is 29.5 Å². The summed E-state index contributed by atoms with van der Waals surface area (Å²) in [6.45, 7) is 12.7. The number of carbonyl (C=O) groups excluding carboxylic acids is 1. The Hall–Kier alpha value is -3.92. The molecular weight excluding hydrogens is 678 g/mol. The number of ether oxygens (including phenoxy) is 2. The average Bonchev–Trinajstić information content (AvgIpc) is 3.08. The number of aromatic amines is 1. The lowest BCUT2D eigenvalue weighted by Crippen LogP contribution is -2.60. The molecule has 5 heterocycles. The molecule has 2 aromatic heterocycles. The van der Waals surface area contributed by atoms with Gasteiger partial charge >= 0.3 is 0 Å². The zero-order chi connectivity index (χ0) is 36.3. The first kappa shape index (κ1) is 36.9. The van der Waals surface area contributed by atoms with E-state index in [-0.39, 0.29) is 51.3 Å². The molecule has 13 nitrogen and oxygen atoms in total. The Bertz CT molecular complexity index is 1870. The zero-order valence-electron chi connectivity index (χ0n) is 29.7. The van der Waals surface area contributed by atoms with Crippen LogP contribution in [0.3, 0.4) is 0 Å². The van der Waals surface area contributed by atoms with Crippen LogP contribution in [0, 0.1) is 18.2 Å². The fourth-order valence-corrected chi connectivity index (χ4v) is 8.91. The van der Waals surface area contributed by atoms with Crippen molar-refractivity contribution in [2.75, 3.05) is 50.8 Å². The highest BCUT2D eigenvalue weighted by Gasteiger charge is 2.46. The van der Waals surface area contributed by atoms with Crippen LogP contribution in [0.4, 0.5) is 10.2 Å². The summed E-state index contributed by atoms with van der Waals surface area (Å²) < 4.78 is 55.1. The maximum Gasteiger partial charge on any atom is 0.257 e. The number of H-pyrrole nitrogens is 1. The normalized spacial score (nSPS) is 20.7. The van der Waals surface area contributed by atoms with Crippen LogP contribution in [-0.4, -0.2) is 103 Å². The molecule has 0 radical (unpaired) electrons. The molecule has 51 heavy (non-hydrogen) atoms. The number of aromatic nitrogens is 3. The van der Waals surface area contributed by atoms with Crippen molar-refractivity contribution in [2.24, 2.45) is 5.41 Å². The molecule has 1 amide bonds. The van der Waals surface area contributed by atoms with E-state index in [0.29, 0.717) is 36.7 Å². The minimum atomic E-state index is -3.77. The summed E-state index contributed by atoms with van der Waals surface area (Å²) >= 11 is 0. The second-order valence-electron chi connectivity index (χ2n) is 14.3. The SMILES string of the molecule is CCN(C(=O)c1cc(F)ccc1Oc1cncnc1N1CC2(CCN(CC[C@@H]3CC[C@@H](NS(=O)(=O)c4c[nH]c(=O)cc4C)CO3)CC2)C1)C(C)C. The van der Waals surface area contributed by atoms with E-state index in [1.165, 1.54) is 36.8 Å². The van der Waals surface area contributed by atoms with E-state index in [0.717, 1.165) is 58.4 Å². The van der Waals surface area contributed by atoms with Crippen molar-refractivity contribution in [3.63, 3.8) is 0 Å². The Morgan fingerprint density at radius 1 is 1.20 bits per heavy atom. The summed E-state index contributed by atoms with van der Waals surface area (Å²) in [5.41, 5.74) is 0.412. The van der Waals surface area contributed by atoms with Gasteiger partial charge < -0.3 is 29.2 Å². The Balaban J connectivity index is 0.971. The van der Waals surface area contributed by atoms with Gasteiger partial charge in [-0.15, -0.1) is 0 Å². The number of hydrogen-bond donors (Lipinski definition) is 2. The molecule has 276 valence electrons. The molecule has 0 saturated carbocycles. The fraction of sp³-hybridized carbons (Fsp3) is 0.556. The van der Waals surface area contributed by atoms with Crippen molar-refractivity contribution >= 4 is 21.7 Å². The van der Waals surface area contributed by atoms with Gasteiger partial charge in [0, 0.05) is 55.9 Å². The Morgan fingerprint density at radius 3 is 2.63 bits per heavy atom. The Labute approximate surface area is 298 Å². The standard InChI is InChI=1S/C36H48FN7O6S/c1-5-44(24(2)3)35(46)29-17-26(37)6-9-30(29)50-31-18-38-23-40-34(31)43-21-36(22-43)11-14-42(15-12-36)13-10-28-8-7-27(20-49-28)41-51(47,48)32-19-39-33(45)16-25(32)4/h6,9,16-19,23-24,27-28,41H,5,7-8,10-15,20-22H2,1-4H3,(H,39,45)/t27-,28+/m1/s1. The van der Waals surface area contributed by atoms with Crippen LogP contribution in [-0.2, 0) is 14.8 Å².